The van der Waals surface area contributed by atoms with Crippen LogP contribution in [0.25, 0.3) is 0 Å². The molecule has 0 amide bonds. The predicted molar refractivity (Wildman–Crippen MR) is 85.2 cm³/mol. The molecule has 2 aliphatic rings. The monoisotopic (exact) mass is 296 g/mol. The third-order valence-corrected chi connectivity index (χ3v) is 6.73. The van der Waals surface area contributed by atoms with E-state index in [0.29, 0.717) is 12.1 Å². The summed E-state index contributed by atoms with van der Waals surface area (Å²) in [5.74, 6) is 0. The minimum Gasteiger partial charge on any atom is -0.308 e. The van der Waals surface area contributed by atoms with Crippen LogP contribution in [0.4, 0.5) is 0 Å². The van der Waals surface area contributed by atoms with Crippen LogP contribution < -0.4 is 5.32 Å². The molecule has 0 bridgehead atoms. The van der Waals surface area contributed by atoms with E-state index in [-0.39, 0.29) is 0 Å². The number of thiophene rings is 1. The van der Waals surface area contributed by atoms with Gasteiger partial charge < -0.3 is 5.32 Å². The van der Waals surface area contributed by atoms with Gasteiger partial charge in [0, 0.05) is 29.9 Å². The molecule has 1 saturated carbocycles. The van der Waals surface area contributed by atoms with Crippen LogP contribution in [-0.4, -0.2) is 35.8 Å². The van der Waals surface area contributed by atoms with Gasteiger partial charge in [0.25, 0.3) is 0 Å². The van der Waals surface area contributed by atoms with Gasteiger partial charge in [-0.2, -0.15) is 0 Å². The third kappa shape index (κ3) is 3.18. The molecule has 2 nitrogen and oxygen atoms in total. The Morgan fingerprint density at radius 3 is 3.00 bits per heavy atom. The van der Waals surface area contributed by atoms with Gasteiger partial charge in [-0.1, -0.05) is 6.92 Å². The third-order valence-electron chi connectivity index (χ3n) is 4.39. The normalized spacial score (nSPS) is 28.4. The van der Waals surface area contributed by atoms with Crippen LogP contribution in [0.5, 0.6) is 0 Å². The average molecular weight is 297 g/mol. The van der Waals surface area contributed by atoms with Crippen molar-refractivity contribution in [1.82, 2.24) is 10.2 Å². The summed E-state index contributed by atoms with van der Waals surface area (Å²) in [6, 6.07) is 4.37. The van der Waals surface area contributed by atoms with Gasteiger partial charge in [0.2, 0.25) is 0 Å². The van der Waals surface area contributed by atoms with Crippen molar-refractivity contribution in [2.24, 2.45) is 0 Å². The van der Waals surface area contributed by atoms with Crippen LogP contribution in [0, 0.1) is 0 Å². The van der Waals surface area contributed by atoms with E-state index in [4.69, 9.17) is 0 Å². The molecule has 19 heavy (non-hydrogen) atoms. The van der Waals surface area contributed by atoms with Crippen LogP contribution in [0.2, 0.25) is 0 Å². The fourth-order valence-electron chi connectivity index (χ4n) is 2.84. The SMILES string of the molecule is CC(CNC1C[C@H](C)Sc2sccc21)N(C)C1CC1. The summed E-state index contributed by atoms with van der Waals surface area (Å²) in [5.41, 5.74) is 1.54. The molecule has 3 atom stereocenters. The topological polar surface area (TPSA) is 15.3 Å². The van der Waals surface area contributed by atoms with Crippen molar-refractivity contribution in [3.63, 3.8) is 0 Å². The van der Waals surface area contributed by atoms with Gasteiger partial charge in [-0.15, -0.1) is 23.1 Å². The number of nitrogens with zero attached hydrogens (tertiary/aromatic N) is 1. The highest BCUT2D eigenvalue weighted by Crippen LogP contribution is 2.43. The van der Waals surface area contributed by atoms with E-state index in [1.165, 1.54) is 29.0 Å². The van der Waals surface area contributed by atoms with Crippen molar-refractivity contribution in [1.29, 1.82) is 0 Å². The fraction of sp³-hybridized carbons (Fsp3) is 0.733. The second kappa shape index (κ2) is 5.76. The molecule has 0 saturated heterocycles. The maximum atomic E-state index is 3.81. The van der Waals surface area contributed by atoms with Crippen LogP contribution in [-0.2, 0) is 0 Å². The predicted octanol–water partition coefficient (Wildman–Crippen LogP) is 3.75. The Bertz CT molecular complexity index is 428. The van der Waals surface area contributed by atoms with Gasteiger partial charge in [0.15, 0.2) is 0 Å². The van der Waals surface area contributed by atoms with E-state index in [0.717, 1.165) is 17.8 Å². The van der Waals surface area contributed by atoms with Crippen LogP contribution in [0.15, 0.2) is 15.7 Å². The first-order valence-corrected chi connectivity index (χ1v) is 9.10. The molecule has 1 N–H and O–H groups in total. The van der Waals surface area contributed by atoms with Crippen molar-refractivity contribution < 1.29 is 0 Å². The lowest BCUT2D eigenvalue weighted by Crippen LogP contribution is -2.41. The lowest BCUT2D eigenvalue weighted by Gasteiger charge is -2.31. The largest absolute Gasteiger partial charge is 0.308 e. The summed E-state index contributed by atoms with van der Waals surface area (Å²) >= 11 is 3.95. The zero-order valence-corrected chi connectivity index (χ0v) is 13.7. The van der Waals surface area contributed by atoms with Gasteiger partial charge in [-0.05, 0) is 50.2 Å². The zero-order chi connectivity index (χ0) is 13.4. The molecule has 1 aliphatic carbocycles. The van der Waals surface area contributed by atoms with Crippen molar-refractivity contribution in [2.45, 2.75) is 60.7 Å². The van der Waals surface area contributed by atoms with E-state index >= 15 is 0 Å². The number of hydrogen-bond donors (Lipinski definition) is 1. The van der Waals surface area contributed by atoms with Crippen molar-refractivity contribution in [3.05, 3.63) is 17.0 Å². The van der Waals surface area contributed by atoms with Gasteiger partial charge >= 0.3 is 0 Å². The van der Waals surface area contributed by atoms with E-state index in [9.17, 15) is 0 Å². The smallest absolute Gasteiger partial charge is 0.0649 e. The Labute approximate surface area is 125 Å². The molecule has 2 unspecified atom stereocenters. The van der Waals surface area contributed by atoms with Crippen LogP contribution in [0.1, 0.15) is 44.7 Å². The molecule has 1 aromatic heterocycles. The van der Waals surface area contributed by atoms with E-state index in [2.05, 4.69) is 42.6 Å². The first kappa shape index (κ1) is 13.9. The fourth-order valence-corrected chi connectivity index (χ4v) is 5.41. The maximum absolute atomic E-state index is 3.81. The van der Waals surface area contributed by atoms with E-state index in [1.807, 2.05) is 23.1 Å². The van der Waals surface area contributed by atoms with Crippen molar-refractivity contribution in [2.75, 3.05) is 13.6 Å². The number of nitrogens with one attached hydrogen (secondary N) is 1. The molecule has 3 rings (SSSR count). The summed E-state index contributed by atoms with van der Waals surface area (Å²) in [6.07, 6.45) is 4.05. The average Bonchev–Trinajstić information content (AvgIpc) is 3.13. The minimum absolute atomic E-state index is 0.563. The molecule has 0 radical (unpaired) electrons. The first-order valence-electron chi connectivity index (χ1n) is 7.34. The lowest BCUT2D eigenvalue weighted by atomic mass is 10.0. The summed E-state index contributed by atoms with van der Waals surface area (Å²) in [7, 11) is 2.28. The van der Waals surface area contributed by atoms with Gasteiger partial charge in [0.1, 0.15) is 0 Å². The number of rotatable bonds is 5. The molecule has 106 valence electrons. The lowest BCUT2D eigenvalue weighted by molar-refractivity contribution is 0.234. The quantitative estimate of drug-likeness (QED) is 0.891. The number of hydrogen-bond acceptors (Lipinski definition) is 4. The zero-order valence-electron chi connectivity index (χ0n) is 12.1. The van der Waals surface area contributed by atoms with E-state index < -0.39 is 0 Å². The highest BCUT2D eigenvalue weighted by atomic mass is 32.2. The summed E-state index contributed by atoms with van der Waals surface area (Å²) in [6.45, 7) is 5.80. The van der Waals surface area contributed by atoms with Gasteiger partial charge in [-0.25, -0.2) is 0 Å². The number of fused-ring (bicyclic) bond motifs is 1. The summed E-state index contributed by atoms with van der Waals surface area (Å²) in [4.78, 5) is 2.54. The maximum Gasteiger partial charge on any atom is 0.0649 e. The highest BCUT2D eigenvalue weighted by molar-refractivity contribution is 8.01. The highest BCUT2D eigenvalue weighted by Gasteiger charge is 2.30. The Kier molecular flexibility index (Phi) is 4.22. The second-order valence-corrected chi connectivity index (χ2v) is 8.66. The van der Waals surface area contributed by atoms with Crippen molar-refractivity contribution in [3.8, 4) is 0 Å². The summed E-state index contributed by atoms with van der Waals surface area (Å²) in [5, 5.41) is 6.79. The molecule has 0 aromatic carbocycles. The Morgan fingerprint density at radius 1 is 1.47 bits per heavy atom. The molecule has 1 fully saturated rings. The number of thioether (sulfide) groups is 1. The van der Waals surface area contributed by atoms with E-state index in [1.54, 1.807) is 0 Å². The second-order valence-electron chi connectivity index (χ2n) is 6.03. The molecule has 1 aromatic rings. The first-order chi connectivity index (χ1) is 9.15. The molecule has 4 heteroatoms. The van der Waals surface area contributed by atoms with Gasteiger partial charge in [0.05, 0.1) is 4.21 Å². The molecule has 0 spiro atoms. The number of likely N-dealkylation sites (N-methyl/N-ethyl adjacent to an activating group) is 1. The molecular weight excluding hydrogens is 272 g/mol. The summed E-state index contributed by atoms with van der Waals surface area (Å²) < 4.78 is 1.53. The van der Waals surface area contributed by atoms with Crippen LogP contribution in [0.3, 0.4) is 0 Å². The molecule has 2 heterocycles. The van der Waals surface area contributed by atoms with Gasteiger partial charge in [-0.3, -0.25) is 4.90 Å². The molecule has 1 aliphatic heterocycles. The Morgan fingerprint density at radius 2 is 2.26 bits per heavy atom. The standard InChI is InChI=1S/C15H24N2S2/c1-10(17(3)12-4-5-12)9-16-14-8-11(2)19-15-13(14)6-7-18-15/h6-7,10-12,14,16H,4-5,8-9H2,1-3H3/t10?,11-,14?/m0/s1. The van der Waals surface area contributed by atoms with Crippen molar-refractivity contribution >= 4 is 23.1 Å². The Balaban J connectivity index is 1.58. The minimum atomic E-state index is 0.563. The van der Waals surface area contributed by atoms with Crippen LogP contribution >= 0.6 is 23.1 Å². The molecular formula is C15H24N2S2. The Hall–Kier alpha value is -0.0300.